The highest BCUT2D eigenvalue weighted by atomic mass is 16.5. The molecule has 1 atom stereocenters. The summed E-state index contributed by atoms with van der Waals surface area (Å²) in [6, 6.07) is 0.821. The Bertz CT molecular complexity index is 221. The Morgan fingerprint density at radius 1 is 1.41 bits per heavy atom. The second-order valence-corrected chi connectivity index (χ2v) is 5.25. The molecule has 1 aliphatic heterocycles. The van der Waals surface area contributed by atoms with Gasteiger partial charge in [0.05, 0.1) is 12.7 Å². The van der Waals surface area contributed by atoms with Gasteiger partial charge in [0.15, 0.2) is 0 Å². The zero-order chi connectivity index (χ0) is 12.1. The van der Waals surface area contributed by atoms with Gasteiger partial charge in [-0.2, -0.15) is 0 Å². The summed E-state index contributed by atoms with van der Waals surface area (Å²) in [6.07, 6.45) is 4.26. The Balaban J connectivity index is 1.76. The fraction of sp³-hybridized carbons (Fsp3) is 1.00. The quantitative estimate of drug-likeness (QED) is 0.705. The third-order valence-electron chi connectivity index (χ3n) is 3.82. The average molecular weight is 241 g/mol. The van der Waals surface area contributed by atoms with Crippen molar-refractivity contribution in [1.82, 2.24) is 9.80 Å². The topological polar surface area (TPSA) is 41.7 Å². The second-order valence-electron chi connectivity index (χ2n) is 5.25. The van der Waals surface area contributed by atoms with Crippen LogP contribution in [-0.4, -0.2) is 67.8 Å². The van der Waals surface area contributed by atoms with Gasteiger partial charge in [0.25, 0.3) is 0 Å². The van der Waals surface area contributed by atoms with Crippen LogP contribution in [-0.2, 0) is 4.74 Å². The molecule has 0 amide bonds. The molecule has 1 saturated carbocycles. The molecule has 0 bridgehead atoms. The van der Waals surface area contributed by atoms with Gasteiger partial charge >= 0.3 is 0 Å². The first kappa shape index (κ1) is 13.3. The summed E-state index contributed by atoms with van der Waals surface area (Å²) in [7, 11) is 0. The van der Waals surface area contributed by atoms with Gasteiger partial charge in [0, 0.05) is 25.7 Å². The van der Waals surface area contributed by atoms with Crippen LogP contribution < -0.4 is 5.73 Å². The molecule has 4 heteroatoms. The molecule has 1 unspecified atom stereocenters. The van der Waals surface area contributed by atoms with Gasteiger partial charge in [-0.3, -0.25) is 9.80 Å². The lowest BCUT2D eigenvalue weighted by atomic mass is 10.2. The smallest absolute Gasteiger partial charge is 0.0829 e. The van der Waals surface area contributed by atoms with E-state index in [0.717, 1.165) is 58.3 Å². The molecule has 4 nitrogen and oxygen atoms in total. The predicted octanol–water partition coefficient (Wildman–Crippen LogP) is 0.520. The van der Waals surface area contributed by atoms with Crippen molar-refractivity contribution in [3.05, 3.63) is 0 Å². The van der Waals surface area contributed by atoms with Crippen LogP contribution in [0.4, 0.5) is 0 Å². The fourth-order valence-corrected chi connectivity index (χ4v) is 2.60. The summed E-state index contributed by atoms with van der Waals surface area (Å²) in [6.45, 7) is 9.52. The van der Waals surface area contributed by atoms with Crippen LogP contribution in [0.3, 0.4) is 0 Å². The minimum atomic E-state index is 0.405. The van der Waals surface area contributed by atoms with Crippen molar-refractivity contribution in [2.45, 2.75) is 38.3 Å². The largest absolute Gasteiger partial charge is 0.374 e. The number of nitrogens with zero attached hydrogens (tertiary/aromatic N) is 2. The summed E-state index contributed by atoms with van der Waals surface area (Å²) >= 11 is 0. The standard InChI is InChI=1S/C13H27N3O/c1-2-15-8-9-17-13(10-15)11-16(7-3-6-14)12-4-5-12/h12-13H,2-11,14H2,1H3. The van der Waals surface area contributed by atoms with Crippen molar-refractivity contribution in [2.24, 2.45) is 5.73 Å². The maximum atomic E-state index is 5.88. The Hall–Kier alpha value is -0.160. The van der Waals surface area contributed by atoms with Crippen LogP contribution in [0, 0.1) is 0 Å². The van der Waals surface area contributed by atoms with Crippen LogP contribution >= 0.6 is 0 Å². The monoisotopic (exact) mass is 241 g/mol. The summed E-state index contributed by atoms with van der Waals surface area (Å²) in [4.78, 5) is 5.08. The highest BCUT2D eigenvalue weighted by molar-refractivity contribution is 4.87. The average Bonchev–Trinajstić information content (AvgIpc) is 3.19. The van der Waals surface area contributed by atoms with Gasteiger partial charge in [0.2, 0.25) is 0 Å². The number of rotatable bonds is 7. The minimum Gasteiger partial charge on any atom is -0.374 e. The molecule has 2 aliphatic rings. The molecule has 0 aromatic heterocycles. The third kappa shape index (κ3) is 4.21. The summed E-state index contributed by atoms with van der Waals surface area (Å²) in [5.41, 5.74) is 5.61. The van der Waals surface area contributed by atoms with Gasteiger partial charge in [0.1, 0.15) is 0 Å². The van der Waals surface area contributed by atoms with E-state index in [1.54, 1.807) is 0 Å². The Morgan fingerprint density at radius 3 is 2.88 bits per heavy atom. The summed E-state index contributed by atoms with van der Waals surface area (Å²) < 4.78 is 5.88. The van der Waals surface area contributed by atoms with Gasteiger partial charge in [-0.15, -0.1) is 0 Å². The molecule has 100 valence electrons. The minimum absolute atomic E-state index is 0.405. The Morgan fingerprint density at radius 2 is 2.24 bits per heavy atom. The van der Waals surface area contributed by atoms with Crippen molar-refractivity contribution in [3.63, 3.8) is 0 Å². The number of morpholine rings is 1. The van der Waals surface area contributed by atoms with Crippen molar-refractivity contribution >= 4 is 0 Å². The molecule has 2 fully saturated rings. The molecule has 2 N–H and O–H groups in total. The van der Waals surface area contributed by atoms with Crippen molar-refractivity contribution in [2.75, 3.05) is 45.9 Å². The molecular weight excluding hydrogens is 214 g/mol. The van der Waals surface area contributed by atoms with Crippen molar-refractivity contribution in [1.29, 1.82) is 0 Å². The second kappa shape index (κ2) is 6.69. The van der Waals surface area contributed by atoms with Gasteiger partial charge < -0.3 is 10.5 Å². The van der Waals surface area contributed by atoms with Gasteiger partial charge in [-0.1, -0.05) is 6.92 Å². The lowest BCUT2D eigenvalue weighted by Crippen LogP contribution is -2.48. The normalized spacial score (nSPS) is 26.6. The molecule has 1 aliphatic carbocycles. The van der Waals surface area contributed by atoms with E-state index in [9.17, 15) is 0 Å². The zero-order valence-corrected chi connectivity index (χ0v) is 11.1. The Labute approximate surface area is 105 Å². The van der Waals surface area contributed by atoms with Crippen LogP contribution in [0.2, 0.25) is 0 Å². The lowest BCUT2D eigenvalue weighted by Gasteiger charge is -2.35. The molecule has 1 saturated heterocycles. The van der Waals surface area contributed by atoms with E-state index in [4.69, 9.17) is 10.5 Å². The van der Waals surface area contributed by atoms with E-state index in [1.165, 1.54) is 12.8 Å². The third-order valence-corrected chi connectivity index (χ3v) is 3.82. The van der Waals surface area contributed by atoms with Crippen molar-refractivity contribution in [3.8, 4) is 0 Å². The van der Waals surface area contributed by atoms with E-state index >= 15 is 0 Å². The predicted molar refractivity (Wildman–Crippen MR) is 70.1 cm³/mol. The molecule has 2 rings (SSSR count). The van der Waals surface area contributed by atoms with E-state index in [-0.39, 0.29) is 0 Å². The van der Waals surface area contributed by atoms with Crippen molar-refractivity contribution < 1.29 is 4.74 Å². The zero-order valence-electron chi connectivity index (χ0n) is 11.1. The van der Waals surface area contributed by atoms with Gasteiger partial charge in [-0.05, 0) is 38.9 Å². The highest BCUT2D eigenvalue weighted by Gasteiger charge is 2.31. The van der Waals surface area contributed by atoms with Crippen LogP contribution in [0.5, 0.6) is 0 Å². The van der Waals surface area contributed by atoms with Crippen LogP contribution in [0.1, 0.15) is 26.2 Å². The maximum absolute atomic E-state index is 5.88. The molecule has 0 aromatic rings. The maximum Gasteiger partial charge on any atom is 0.0829 e. The van der Waals surface area contributed by atoms with Crippen LogP contribution in [0.15, 0.2) is 0 Å². The summed E-state index contributed by atoms with van der Waals surface area (Å²) in [5, 5.41) is 0. The number of likely N-dealkylation sites (N-methyl/N-ethyl adjacent to an activating group) is 1. The number of hydrogen-bond donors (Lipinski definition) is 1. The first-order valence-electron chi connectivity index (χ1n) is 7.11. The number of hydrogen-bond acceptors (Lipinski definition) is 4. The first-order valence-corrected chi connectivity index (χ1v) is 7.11. The lowest BCUT2D eigenvalue weighted by molar-refractivity contribution is -0.0429. The van der Waals surface area contributed by atoms with E-state index in [2.05, 4.69) is 16.7 Å². The van der Waals surface area contributed by atoms with E-state index < -0.39 is 0 Å². The van der Waals surface area contributed by atoms with Crippen LogP contribution in [0.25, 0.3) is 0 Å². The SMILES string of the molecule is CCN1CCOC(CN(CCCN)C2CC2)C1. The summed E-state index contributed by atoms with van der Waals surface area (Å²) in [5.74, 6) is 0. The molecule has 0 spiro atoms. The number of nitrogens with two attached hydrogens (primary N) is 1. The highest BCUT2D eigenvalue weighted by Crippen LogP contribution is 2.27. The molecule has 17 heavy (non-hydrogen) atoms. The first-order chi connectivity index (χ1) is 8.33. The fourth-order valence-electron chi connectivity index (χ4n) is 2.60. The number of ether oxygens (including phenoxy) is 1. The van der Waals surface area contributed by atoms with Gasteiger partial charge in [-0.25, -0.2) is 0 Å². The molecule has 1 heterocycles. The molecule has 0 aromatic carbocycles. The molecular formula is C13H27N3O. The Kier molecular flexibility index (Phi) is 5.22. The molecule has 0 radical (unpaired) electrons. The van der Waals surface area contributed by atoms with E-state index in [0.29, 0.717) is 6.10 Å². The van der Waals surface area contributed by atoms with E-state index in [1.807, 2.05) is 0 Å².